The smallest absolute Gasteiger partial charge is 0.263 e. The minimum Gasteiger partial charge on any atom is -0.454 e. The Morgan fingerprint density at radius 2 is 2.00 bits per heavy atom. The van der Waals surface area contributed by atoms with E-state index in [9.17, 15) is 4.79 Å². The number of hydrogen-bond donors (Lipinski definition) is 0. The molecule has 0 aliphatic carbocycles. The van der Waals surface area contributed by atoms with Crippen molar-refractivity contribution in [2.24, 2.45) is 5.16 Å². The fourth-order valence-corrected chi connectivity index (χ4v) is 3.97. The van der Waals surface area contributed by atoms with Crippen LogP contribution in [0.15, 0.2) is 40.9 Å². The van der Waals surface area contributed by atoms with Crippen molar-refractivity contribution >= 4 is 23.0 Å². The highest BCUT2D eigenvalue weighted by atomic mass is 32.1. The maximum atomic E-state index is 12.4. The number of carbonyl (C=O) groups is 1. The molecule has 0 N–H and O–H groups in total. The zero-order valence-electron chi connectivity index (χ0n) is 15.8. The summed E-state index contributed by atoms with van der Waals surface area (Å²) in [6, 6.07) is 9.82. The number of rotatable bonds is 6. The van der Waals surface area contributed by atoms with Crippen LogP contribution in [0.5, 0.6) is 11.5 Å². The molecule has 0 spiro atoms. The lowest BCUT2D eigenvalue weighted by Gasteiger charge is -2.34. The van der Waals surface area contributed by atoms with Gasteiger partial charge in [-0.25, -0.2) is 0 Å². The summed E-state index contributed by atoms with van der Waals surface area (Å²) >= 11 is 1.77. The van der Waals surface area contributed by atoms with Crippen molar-refractivity contribution in [1.29, 1.82) is 0 Å². The standard InChI is InChI=1S/C20H23N3O4S/c1-15(16-4-5-18-19(11-16)26-14-25-18)21-27-13-20(24)23-8-6-22(7-9-23)12-17-3-2-10-28-17/h2-5,10-11H,6-9,12-14H2,1H3/b21-15-. The molecule has 2 aliphatic heterocycles. The molecule has 1 saturated heterocycles. The van der Waals surface area contributed by atoms with E-state index in [1.54, 1.807) is 11.3 Å². The molecular formula is C20H23N3O4S. The van der Waals surface area contributed by atoms with Gasteiger partial charge < -0.3 is 19.2 Å². The molecule has 1 aromatic carbocycles. The molecule has 2 aromatic rings. The first kappa shape index (κ1) is 18.8. The second-order valence-corrected chi connectivity index (χ2v) is 7.79. The van der Waals surface area contributed by atoms with E-state index in [1.165, 1.54) is 4.88 Å². The van der Waals surface area contributed by atoms with Gasteiger partial charge in [0.15, 0.2) is 18.1 Å². The first-order valence-electron chi connectivity index (χ1n) is 9.28. The van der Waals surface area contributed by atoms with Crippen molar-refractivity contribution < 1.29 is 19.1 Å². The highest BCUT2D eigenvalue weighted by molar-refractivity contribution is 7.09. The van der Waals surface area contributed by atoms with Gasteiger partial charge in [0.05, 0.1) is 5.71 Å². The summed E-state index contributed by atoms with van der Waals surface area (Å²) < 4.78 is 10.7. The van der Waals surface area contributed by atoms with Crippen LogP contribution < -0.4 is 9.47 Å². The Bertz CT molecular complexity index is 845. The van der Waals surface area contributed by atoms with Gasteiger partial charge in [-0.2, -0.15) is 0 Å². The fraction of sp³-hybridized carbons (Fsp3) is 0.400. The topological polar surface area (TPSA) is 63.6 Å². The number of nitrogens with zero attached hydrogens (tertiary/aromatic N) is 3. The number of amides is 1. The average molecular weight is 401 g/mol. The number of thiophene rings is 1. The predicted molar refractivity (Wildman–Crippen MR) is 107 cm³/mol. The van der Waals surface area contributed by atoms with E-state index in [1.807, 2.05) is 30.0 Å². The van der Waals surface area contributed by atoms with Crippen molar-refractivity contribution in [2.75, 3.05) is 39.6 Å². The van der Waals surface area contributed by atoms with E-state index in [4.69, 9.17) is 14.3 Å². The van der Waals surface area contributed by atoms with Gasteiger partial charge in [-0.3, -0.25) is 9.69 Å². The SMILES string of the molecule is C/C(=N/OCC(=O)N1CCN(Cc2cccs2)CC1)c1ccc2c(c1)OCO2. The van der Waals surface area contributed by atoms with Crippen LogP contribution in [0.25, 0.3) is 0 Å². The molecule has 28 heavy (non-hydrogen) atoms. The molecule has 1 aromatic heterocycles. The van der Waals surface area contributed by atoms with Gasteiger partial charge in [0, 0.05) is 43.2 Å². The molecule has 0 radical (unpaired) electrons. The van der Waals surface area contributed by atoms with Crippen LogP contribution in [0.4, 0.5) is 0 Å². The zero-order chi connectivity index (χ0) is 19.3. The lowest BCUT2D eigenvalue weighted by Crippen LogP contribution is -2.49. The van der Waals surface area contributed by atoms with Gasteiger partial charge in [-0.15, -0.1) is 11.3 Å². The van der Waals surface area contributed by atoms with Gasteiger partial charge in [0.2, 0.25) is 6.79 Å². The van der Waals surface area contributed by atoms with Crippen molar-refractivity contribution in [3.8, 4) is 11.5 Å². The van der Waals surface area contributed by atoms with Crippen LogP contribution in [0.1, 0.15) is 17.4 Å². The minimum atomic E-state index is -0.0488. The van der Waals surface area contributed by atoms with E-state index in [0.29, 0.717) is 11.5 Å². The summed E-state index contributed by atoms with van der Waals surface area (Å²) in [5.41, 5.74) is 1.56. The monoisotopic (exact) mass is 401 g/mol. The Morgan fingerprint density at radius 3 is 2.79 bits per heavy atom. The second-order valence-electron chi connectivity index (χ2n) is 6.75. The third-order valence-electron chi connectivity index (χ3n) is 4.86. The molecule has 7 nitrogen and oxygen atoms in total. The summed E-state index contributed by atoms with van der Waals surface area (Å²) in [7, 11) is 0. The molecule has 3 heterocycles. The van der Waals surface area contributed by atoms with Gasteiger partial charge in [-0.05, 0) is 36.6 Å². The van der Waals surface area contributed by atoms with E-state index in [2.05, 4.69) is 27.6 Å². The quantitative estimate of drug-likeness (QED) is 0.550. The van der Waals surface area contributed by atoms with E-state index in [-0.39, 0.29) is 19.3 Å². The summed E-state index contributed by atoms with van der Waals surface area (Å²) in [5, 5.41) is 6.18. The van der Waals surface area contributed by atoms with Crippen LogP contribution in [0, 0.1) is 0 Å². The van der Waals surface area contributed by atoms with Gasteiger partial charge in [0.25, 0.3) is 5.91 Å². The zero-order valence-corrected chi connectivity index (χ0v) is 16.6. The Hall–Kier alpha value is -2.58. The molecule has 1 fully saturated rings. The fourth-order valence-electron chi connectivity index (χ4n) is 3.23. The van der Waals surface area contributed by atoms with Crippen molar-refractivity contribution in [3.63, 3.8) is 0 Å². The summed E-state index contributed by atoms with van der Waals surface area (Å²) in [4.78, 5) is 23.3. The lowest BCUT2D eigenvalue weighted by atomic mass is 10.1. The molecular weight excluding hydrogens is 378 g/mol. The molecule has 0 bridgehead atoms. The van der Waals surface area contributed by atoms with Gasteiger partial charge in [0.1, 0.15) is 0 Å². The first-order chi connectivity index (χ1) is 13.7. The number of hydrogen-bond acceptors (Lipinski definition) is 7. The van der Waals surface area contributed by atoms with Gasteiger partial charge in [-0.1, -0.05) is 11.2 Å². The number of piperazine rings is 1. The largest absolute Gasteiger partial charge is 0.454 e. The van der Waals surface area contributed by atoms with Crippen LogP contribution >= 0.6 is 11.3 Å². The molecule has 8 heteroatoms. The number of carbonyl (C=O) groups excluding carboxylic acids is 1. The van der Waals surface area contributed by atoms with E-state index < -0.39 is 0 Å². The average Bonchev–Trinajstić information content (AvgIpc) is 3.39. The second kappa shape index (κ2) is 8.62. The third-order valence-corrected chi connectivity index (χ3v) is 5.73. The van der Waals surface area contributed by atoms with E-state index in [0.717, 1.165) is 44.0 Å². The highest BCUT2D eigenvalue weighted by Crippen LogP contribution is 2.32. The van der Waals surface area contributed by atoms with Crippen molar-refractivity contribution in [3.05, 3.63) is 46.2 Å². The van der Waals surface area contributed by atoms with Crippen LogP contribution in [-0.4, -0.2) is 61.0 Å². The molecule has 0 atom stereocenters. The van der Waals surface area contributed by atoms with E-state index >= 15 is 0 Å². The summed E-state index contributed by atoms with van der Waals surface area (Å²) in [5.74, 6) is 1.40. The Balaban J connectivity index is 1.23. The Morgan fingerprint density at radius 1 is 1.18 bits per heavy atom. The maximum absolute atomic E-state index is 12.4. The molecule has 4 rings (SSSR count). The van der Waals surface area contributed by atoms with Gasteiger partial charge >= 0.3 is 0 Å². The summed E-state index contributed by atoms with van der Waals surface area (Å²) in [6.07, 6.45) is 0. The molecule has 0 saturated carbocycles. The first-order valence-corrected chi connectivity index (χ1v) is 10.2. The highest BCUT2D eigenvalue weighted by Gasteiger charge is 2.21. The van der Waals surface area contributed by atoms with Crippen LogP contribution in [0.3, 0.4) is 0 Å². The number of benzene rings is 1. The minimum absolute atomic E-state index is 0.0296. The number of fused-ring (bicyclic) bond motifs is 1. The number of oxime groups is 1. The van der Waals surface area contributed by atoms with Crippen LogP contribution in [-0.2, 0) is 16.2 Å². The normalized spacial score (nSPS) is 17.0. The predicted octanol–water partition coefficient (Wildman–Crippen LogP) is 2.56. The third kappa shape index (κ3) is 4.45. The number of ether oxygens (including phenoxy) is 2. The van der Waals surface area contributed by atoms with Crippen LogP contribution in [0.2, 0.25) is 0 Å². The molecule has 0 unspecified atom stereocenters. The lowest BCUT2D eigenvalue weighted by molar-refractivity contribution is -0.137. The summed E-state index contributed by atoms with van der Waals surface area (Å²) in [6.45, 7) is 6.18. The Kier molecular flexibility index (Phi) is 5.78. The molecule has 2 aliphatic rings. The maximum Gasteiger partial charge on any atom is 0.263 e. The van der Waals surface area contributed by atoms with Crippen molar-refractivity contribution in [2.45, 2.75) is 13.5 Å². The Labute approximate surface area is 168 Å². The molecule has 148 valence electrons. The van der Waals surface area contributed by atoms with Crippen molar-refractivity contribution in [1.82, 2.24) is 9.80 Å². The molecule has 1 amide bonds.